The molecule has 3 aromatic carbocycles. The third-order valence-electron chi connectivity index (χ3n) is 5.54. The molecule has 0 aliphatic carbocycles. The standard InChI is InChI=1S/C28H34O5/c1-19-11-20(2)13-21(12-19)7-8-22-14-24(29-3)18-25(15-22)33-10-9-23-16-26(30-4)28(32-6)27(17-23)31-5/h11-18H,7-10H2,1-6H3. The summed E-state index contributed by atoms with van der Waals surface area (Å²) in [6.45, 7) is 4.80. The highest BCUT2D eigenvalue weighted by Gasteiger charge is 2.13. The van der Waals surface area contributed by atoms with E-state index in [1.54, 1.807) is 28.4 Å². The lowest BCUT2D eigenvalue weighted by atomic mass is 10.0. The van der Waals surface area contributed by atoms with E-state index < -0.39 is 0 Å². The van der Waals surface area contributed by atoms with Gasteiger partial charge in [0.15, 0.2) is 11.5 Å². The average Bonchev–Trinajstić information content (AvgIpc) is 2.81. The SMILES string of the molecule is COc1cc(CCc2cc(C)cc(C)c2)cc(OCCc2cc(OC)c(OC)c(OC)c2)c1. The first-order valence-electron chi connectivity index (χ1n) is 11.1. The Morgan fingerprint density at radius 2 is 1.06 bits per heavy atom. The fourth-order valence-corrected chi connectivity index (χ4v) is 4.04. The molecule has 5 nitrogen and oxygen atoms in total. The van der Waals surface area contributed by atoms with Gasteiger partial charge >= 0.3 is 0 Å². The molecule has 0 aromatic heterocycles. The molecule has 0 aliphatic rings. The minimum Gasteiger partial charge on any atom is -0.497 e. The van der Waals surface area contributed by atoms with Crippen LogP contribution in [0.3, 0.4) is 0 Å². The molecule has 0 spiro atoms. The van der Waals surface area contributed by atoms with E-state index >= 15 is 0 Å². The number of aryl methyl sites for hydroxylation is 4. The topological polar surface area (TPSA) is 46.2 Å². The molecule has 0 saturated carbocycles. The van der Waals surface area contributed by atoms with E-state index in [0.29, 0.717) is 30.3 Å². The number of ether oxygens (including phenoxy) is 5. The van der Waals surface area contributed by atoms with Gasteiger partial charge in [-0.15, -0.1) is 0 Å². The van der Waals surface area contributed by atoms with Crippen molar-refractivity contribution in [3.63, 3.8) is 0 Å². The number of benzene rings is 3. The van der Waals surface area contributed by atoms with Crippen molar-refractivity contribution in [2.45, 2.75) is 33.1 Å². The number of hydrogen-bond acceptors (Lipinski definition) is 5. The summed E-state index contributed by atoms with van der Waals surface area (Å²) in [4.78, 5) is 0. The fourth-order valence-electron chi connectivity index (χ4n) is 4.04. The lowest BCUT2D eigenvalue weighted by molar-refractivity contribution is 0.313. The van der Waals surface area contributed by atoms with Gasteiger partial charge in [-0.3, -0.25) is 0 Å². The van der Waals surface area contributed by atoms with Gasteiger partial charge in [0.25, 0.3) is 0 Å². The zero-order chi connectivity index (χ0) is 23.8. The van der Waals surface area contributed by atoms with Crippen LogP contribution in [0.25, 0.3) is 0 Å². The van der Waals surface area contributed by atoms with Crippen LogP contribution in [0, 0.1) is 13.8 Å². The Hall–Kier alpha value is -3.34. The highest BCUT2D eigenvalue weighted by atomic mass is 16.5. The second-order valence-electron chi connectivity index (χ2n) is 8.14. The average molecular weight is 451 g/mol. The molecule has 0 N–H and O–H groups in total. The van der Waals surface area contributed by atoms with E-state index in [1.807, 2.05) is 18.2 Å². The van der Waals surface area contributed by atoms with Crippen LogP contribution in [-0.4, -0.2) is 35.0 Å². The van der Waals surface area contributed by atoms with Crippen LogP contribution in [-0.2, 0) is 19.3 Å². The van der Waals surface area contributed by atoms with Crippen LogP contribution >= 0.6 is 0 Å². The smallest absolute Gasteiger partial charge is 0.203 e. The van der Waals surface area contributed by atoms with Gasteiger partial charge in [-0.25, -0.2) is 0 Å². The largest absolute Gasteiger partial charge is 0.497 e. The van der Waals surface area contributed by atoms with E-state index in [9.17, 15) is 0 Å². The number of rotatable bonds is 11. The summed E-state index contributed by atoms with van der Waals surface area (Å²) in [5.74, 6) is 3.47. The van der Waals surface area contributed by atoms with Crippen LogP contribution in [0.1, 0.15) is 27.8 Å². The van der Waals surface area contributed by atoms with Crippen molar-refractivity contribution in [2.75, 3.05) is 35.0 Å². The minimum absolute atomic E-state index is 0.516. The van der Waals surface area contributed by atoms with Crippen LogP contribution in [0.5, 0.6) is 28.7 Å². The molecule has 0 unspecified atom stereocenters. The normalized spacial score (nSPS) is 10.6. The Bertz CT molecular complexity index is 1030. The molecule has 33 heavy (non-hydrogen) atoms. The molecule has 0 radical (unpaired) electrons. The molecule has 0 aliphatic heterocycles. The first-order valence-corrected chi connectivity index (χ1v) is 11.1. The molecule has 176 valence electrons. The van der Waals surface area contributed by atoms with Crippen molar-refractivity contribution < 1.29 is 23.7 Å². The lowest BCUT2D eigenvalue weighted by Gasteiger charge is -2.15. The van der Waals surface area contributed by atoms with Gasteiger partial charge in [-0.1, -0.05) is 29.3 Å². The molecule has 0 atom stereocenters. The summed E-state index contributed by atoms with van der Waals surface area (Å²) in [7, 11) is 6.52. The zero-order valence-electron chi connectivity index (χ0n) is 20.5. The van der Waals surface area contributed by atoms with Crippen molar-refractivity contribution in [1.82, 2.24) is 0 Å². The van der Waals surface area contributed by atoms with Crippen molar-refractivity contribution in [1.29, 1.82) is 0 Å². The van der Waals surface area contributed by atoms with Gasteiger partial charge in [0, 0.05) is 12.5 Å². The molecule has 0 fully saturated rings. The Kier molecular flexibility index (Phi) is 8.47. The van der Waals surface area contributed by atoms with Crippen molar-refractivity contribution in [3.05, 3.63) is 76.3 Å². The third-order valence-corrected chi connectivity index (χ3v) is 5.54. The lowest BCUT2D eigenvalue weighted by Crippen LogP contribution is -2.04. The molecule has 0 heterocycles. The van der Waals surface area contributed by atoms with Crippen LogP contribution in [0.15, 0.2) is 48.5 Å². The summed E-state index contributed by atoms with van der Waals surface area (Å²) < 4.78 is 27.9. The predicted octanol–water partition coefficient (Wildman–Crippen LogP) is 5.74. The van der Waals surface area contributed by atoms with Crippen molar-refractivity contribution in [2.24, 2.45) is 0 Å². The Morgan fingerprint density at radius 1 is 0.515 bits per heavy atom. The predicted molar refractivity (Wildman–Crippen MR) is 132 cm³/mol. The monoisotopic (exact) mass is 450 g/mol. The van der Waals surface area contributed by atoms with Gasteiger partial charge < -0.3 is 23.7 Å². The quantitative estimate of drug-likeness (QED) is 0.373. The fraction of sp³-hybridized carbons (Fsp3) is 0.357. The summed E-state index contributed by atoms with van der Waals surface area (Å²) in [6, 6.07) is 16.7. The Balaban J connectivity index is 1.67. The molecule has 0 bridgehead atoms. The molecular weight excluding hydrogens is 416 g/mol. The summed E-state index contributed by atoms with van der Waals surface area (Å²) in [5, 5.41) is 0. The van der Waals surface area contributed by atoms with Crippen LogP contribution < -0.4 is 23.7 Å². The van der Waals surface area contributed by atoms with Gasteiger partial charge in [-0.2, -0.15) is 0 Å². The third kappa shape index (κ3) is 6.58. The number of hydrogen-bond donors (Lipinski definition) is 0. The maximum absolute atomic E-state index is 6.09. The second kappa shape index (κ2) is 11.5. The molecular formula is C28H34O5. The Labute approximate surface area is 197 Å². The van der Waals surface area contributed by atoms with E-state index in [4.69, 9.17) is 23.7 Å². The first kappa shape index (κ1) is 24.3. The van der Waals surface area contributed by atoms with E-state index in [-0.39, 0.29) is 0 Å². The molecule has 3 rings (SSSR count). The highest BCUT2D eigenvalue weighted by Crippen LogP contribution is 2.38. The minimum atomic E-state index is 0.516. The van der Waals surface area contributed by atoms with Gasteiger partial charge in [0.2, 0.25) is 5.75 Å². The van der Waals surface area contributed by atoms with Crippen molar-refractivity contribution >= 4 is 0 Å². The molecule has 3 aromatic rings. The molecule has 5 heteroatoms. The van der Waals surface area contributed by atoms with Crippen molar-refractivity contribution in [3.8, 4) is 28.7 Å². The summed E-state index contributed by atoms with van der Waals surface area (Å²) in [6.07, 6.45) is 2.59. The van der Waals surface area contributed by atoms with Gasteiger partial charge in [-0.05, 0) is 67.6 Å². The molecule has 0 saturated heterocycles. The van der Waals surface area contributed by atoms with Crippen LogP contribution in [0.4, 0.5) is 0 Å². The van der Waals surface area contributed by atoms with E-state index in [0.717, 1.165) is 29.9 Å². The molecule has 0 amide bonds. The van der Waals surface area contributed by atoms with E-state index in [2.05, 4.69) is 44.2 Å². The maximum atomic E-state index is 6.09. The number of methoxy groups -OCH3 is 4. The summed E-state index contributed by atoms with van der Waals surface area (Å²) in [5.41, 5.74) is 6.18. The second-order valence-corrected chi connectivity index (χ2v) is 8.14. The van der Waals surface area contributed by atoms with Gasteiger partial charge in [0.1, 0.15) is 11.5 Å². The van der Waals surface area contributed by atoms with E-state index in [1.165, 1.54) is 22.3 Å². The maximum Gasteiger partial charge on any atom is 0.203 e. The summed E-state index contributed by atoms with van der Waals surface area (Å²) >= 11 is 0. The first-order chi connectivity index (χ1) is 15.9. The van der Waals surface area contributed by atoms with Crippen LogP contribution in [0.2, 0.25) is 0 Å². The van der Waals surface area contributed by atoms with Gasteiger partial charge in [0.05, 0.1) is 35.0 Å². The zero-order valence-corrected chi connectivity index (χ0v) is 20.5. The highest BCUT2D eigenvalue weighted by molar-refractivity contribution is 5.54. The Morgan fingerprint density at radius 3 is 1.61 bits per heavy atom.